The van der Waals surface area contributed by atoms with Crippen molar-refractivity contribution in [3.63, 3.8) is 0 Å². The molecule has 2 N–H and O–H groups in total. The molecule has 1 aromatic carbocycles. The van der Waals surface area contributed by atoms with E-state index in [-0.39, 0.29) is 0 Å². The molecule has 4 nitrogen and oxygen atoms in total. The Bertz CT molecular complexity index is 626. The van der Waals surface area contributed by atoms with Gasteiger partial charge in [0.25, 0.3) is 0 Å². The van der Waals surface area contributed by atoms with Crippen molar-refractivity contribution in [1.82, 2.24) is 9.78 Å². The number of aryl methyl sites for hydroxylation is 2. The second-order valence-electron chi connectivity index (χ2n) is 4.62. The van der Waals surface area contributed by atoms with Crippen LogP contribution in [0.3, 0.4) is 0 Å². The van der Waals surface area contributed by atoms with Gasteiger partial charge in [-0.3, -0.25) is 4.68 Å². The summed E-state index contributed by atoms with van der Waals surface area (Å²) in [6.07, 6.45) is 0.799. The number of nitrogens with zero attached hydrogens (tertiary/aromatic N) is 2. The zero-order chi connectivity index (χ0) is 15.4. The fourth-order valence-corrected chi connectivity index (χ4v) is 2.67. The summed E-state index contributed by atoms with van der Waals surface area (Å²) >= 11 is 12.3. The van der Waals surface area contributed by atoms with Gasteiger partial charge in [-0.2, -0.15) is 5.10 Å². The number of hydrogen-bond donors (Lipinski definition) is 1. The predicted molar refractivity (Wildman–Crippen MR) is 86.0 cm³/mol. The predicted octanol–water partition coefficient (Wildman–Crippen LogP) is 3.81. The van der Waals surface area contributed by atoms with Crippen molar-refractivity contribution in [1.29, 1.82) is 0 Å². The maximum Gasteiger partial charge on any atom is 0.131 e. The highest BCUT2D eigenvalue weighted by Crippen LogP contribution is 2.26. The molecule has 2 aromatic rings. The van der Waals surface area contributed by atoms with E-state index in [1.807, 2.05) is 30.7 Å². The number of hydrogen-bond acceptors (Lipinski definition) is 3. The molecule has 0 radical (unpaired) electrons. The third-order valence-electron chi connectivity index (χ3n) is 3.30. The third-order valence-corrected chi connectivity index (χ3v) is 3.97. The molecule has 0 aliphatic heterocycles. The van der Waals surface area contributed by atoms with Crippen LogP contribution in [-0.2, 0) is 26.1 Å². The van der Waals surface area contributed by atoms with Gasteiger partial charge >= 0.3 is 0 Å². The first kappa shape index (κ1) is 16.1. The molecule has 1 aromatic heterocycles. The van der Waals surface area contributed by atoms with Gasteiger partial charge in [0.15, 0.2) is 0 Å². The Balaban J connectivity index is 2.22. The molecule has 0 amide bonds. The summed E-state index contributed by atoms with van der Waals surface area (Å²) in [6.45, 7) is 5.54. The van der Waals surface area contributed by atoms with E-state index in [2.05, 4.69) is 5.10 Å². The van der Waals surface area contributed by atoms with Crippen molar-refractivity contribution in [3.8, 4) is 5.75 Å². The van der Waals surface area contributed by atoms with Crippen LogP contribution in [0, 0.1) is 0 Å². The highest BCUT2D eigenvalue weighted by Gasteiger charge is 2.15. The zero-order valence-electron chi connectivity index (χ0n) is 12.2. The number of aromatic nitrogens is 2. The lowest BCUT2D eigenvalue weighted by molar-refractivity contribution is 0.289. The molecular formula is C15H19Cl2N3O. The fourth-order valence-electron chi connectivity index (χ4n) is 2.15. The van der Waals surface area contributed by atoms with E-state index in [9.17, 15) is 0 Å². The maximum absolute atomic E-state index is 6.36. The van der Waals surface area contributed by atoms with Crippen LogP contribution in [0.4, 0.5) is 0 Å². The summed E-state index contributed by atoms with van der Waals surface area (Å²) in [5.41, 5.74) is 8.37. The molecule has 0 saturated heterocycles. The molecule has 0 aliphatic carbocycles. The number of benzene rings is 1. The summed E-state index contributed by atoms with van der Waals surface area (Å²) in [4.78, 5) is 0. The smallest absolute Gasteiger partial charge is 0.131 e. The second-order valence-corrected chi connectivity index (χ2v) is 5.44. The molecule has 0 bridgehead atoms. The minimum atomic E-state index is 0.355. The topological polar surface area (TPSA) is 53.1 Å². The van der Waals surface area contributed by atoms with E-state index in [4.69, 9.17) is 33.7 Å². The van der Waals surface area contributed by atoms with Crippen molar-refractivity contribution in [2.75, 3.05) is 0 Å². The summed E-state index contributed by atoms with van der Waals surface area (Å²) < 4.78 is 7.74. The van der Waals surface area contributed by atoms with E-state index in [1.165, 1.54) is 0 Å². The van der Waals surface area contributed by atoms with Gasteiger partial charge in [-0.05, 0) is 31.5 Å². The molecule has 6 heteroatoms. The van der Waals surface area contributed by atoms with Gasteiger partial charge in [-0.15, -0.1) is 0 Å². The molecule has 114 valence electrons. The van der Waals surface area contributed by atoms with Crippen molar-refractivity contribution in [3.05, 3.63) is 45.2 Å². The maximum atomic E-state index is 6.36. The Kier molecular flexibility index (Phi) is 5.51. The molecule has 1 heterocycles. The van der Waals surface area contributed by atoms with Gasteiger partial charge in [0, 0.05) is 23.7 Å². The summed E-state index contributed by atoms with van der Waals surface area (Å²) in [5, 5.41) is 5.80. The van der Waals surface area contributed by atoms with Crippen LogP contribution in [0.2, 0.25) is 10.0 Å². The molecule has 0 unspecified atom stereocenters. The molecule has 0 aliphatic rings. The van der Waals surface area contributed by atoms with Gasteiger partial charge in [-0.25, -0.2) is 0 Å². The molecule has 0 atom stereocenters. The minimum Gasteiger partial charge on any atom is -0.487 e. The average Bonchev–Trinajstić information content (AvgIpc) is 2.81. The van der Waals surface area contributed by atoms with Crippen molar-refractivity contribution >= 4 is 23.2 Å². The normalized spacial score (nSPS) is 10.9. The van der Waals surface area contributed by atoms with Crippen molar-refractivity contribution < 1.29 is 4.74 Å². The Labute approximate surface area is 134 Å². The van der Waals surface area contributed by atoms with Crippen LogP contribution in [0.5, 0.6) is 5.75 Å². The van der Waals surface area contributed by atoms with Crippen LogP contribution in [0.1, 0.15) is 30.8 Å². The monoisotopic (exact) mass is 327 g/mol. The van der Waals surface area contributed by atoms with E-state index >= 15 is 0 Å². The Hall–Kier alpha value is -1.23. The zero-order valence-corrected chi connectivity index (χ0v) is 13.7. The van der Waals surface area contributed by atoms with Crippen LogP contribution < -0.4 is 10.5 Å². The lowest BCUT2D eigenvalue weighted by Crippen LogP contribution is -2.08. The first-order valence-corrected chi connectivity index (χ1v) is 7.71. The molecule has 0 fully saturated rings. The molecule has 2 rings (SSSR count). The highest BCUT2D eigenvalue weighted by molar-refractivity contribution is 6.32. The summed E-state index contributed by atoms with van der Waals surface area (Å²) in [7, 11) is 0. The van der Waals surface area contributed by atoms with Gasteiger partial charge in [0.1, 0.15) is 12.4 Å². The van der Waals surface area contributed by atoms with Gasteiger partial charge in [0.05, 0.1) is 16.4 Å². The number of nitrogens with two attached hydrogens (primary N) is 1. The average molecular weight is 328 g/mol. The molecule has 21 heavy (non-hydrogen) atoms. The highest BCUT2D eigenvalue weighted by atomic mass is 35.5. The summed E-state index contributed by atoms with van der Waals surface area (Å²) in [5.74, 6) is 0.722. The Morgan fingerprint density at radius 1 is 1.29 bits per heavy atom. The first-order chi connectivity index (χ1) is 10.1. The third kappa shape index (κ3) is 3.51. The SMILES string of the molecule is CCc1nn(CC)c(COc2ccc(Cl)cc2CN)c1Cl. The van der Waals surface area contributed by atoms with Crippen LogP contribution >= 0.6 is 23.2 Å². The molecule has 0 spiro atoms. The van der Waals surface area contributed by atoms with E-state index < -0.39 is 0 Å². The lowest BCUT2D eigenvalue weighted by Gasteiger charge is -2.12. The van der Waals surface area contributed by atoms with E-state index in [1.54, 1.807) is 6.07 Å². The van der Waals surface area contributed by atoms with Crippen LogP contribution in [0.25, 0.3) is 0 Å². The largest absolute Gasteiger partial charge is 0.487 e. The minimum absolute atomic E-state index is 0.355. The van der Waals surface area contributed by atoms with Crippen LogP contribution in [-0.4, -0.2) is 9.78 Å². The Morgan fingerprint density at radius 2 is 2.05 bits per heavy atom. The second kappa shape index (κ2) is 7.16. The fraction of sp³-hybridized carbons (Fsp3) is 0.400. The molecular weight excluding hydrogens is 309 g/mol. The van der Waals surface area contributed by atoms with Crippen LogP contribution in [0.15, 0.2) is 18.2 Å². The lowest BCUT2D eigenvalue weighted by atomic mass is 10.2. The van der Waals surface area contributed by atoms with Gasteiger partial charge in [0.2, 0.25) is 0 Å². The summed E-state index contributed by atoms with van der Waals surface area (Å²) in [6, 6.07) is 5.42. The number of halogens is 2. The standard InChI is InChI=1S/C15H19Cl2N3O/c1-3-12-15(17)13(20(4-2)19-12)9-21-14-6-5-11(16)7-10(14)8-18/h5-7H,3-4,8-9,18H2,1-2H3. The van der Waals surface area contributed by atoms with Crippen molar-refractivity contribution in [2.45, 2.75) is 40.0 Å². The number of ether oxygens (including phenoxy) is 1. The Morgan fingerprint density at radius 3 is 2.67 bits per heavy atom. The number of rotatable bonds is 6. The van der Waals surface area contributed by atoms with Gasteiger partial charge < -0.3 is 10.5 Å². The first-order valence-electron chi connectivity index (χ1n) is 6.96. The molecule has 0 saturated carbocycles. The quantitative estimate of drug-likeness (QED) is 0.877. The van der Waals surface area contributed by atoms with Crippen molar-refractivity contribution in [2.24, 2.45) is 5.73 Å². The van der Waals surface area contributed by atoms with E-state index in [0.29, 0.717) is 23.2 Å². The van der Waals surface area contributed by atoms with Gasteiger partial charge in [-0.1, -0.05) is 30.1 Å². The van der Waals surface area contributed by atoms with E-state index in [0.717, 1.165) is 35.7 Å².